The van der Waals surface area contributed by atoms with Crippen LogP contribution in [0.1, 0.15) is 0 Å². The molecule has 2 heterocycles. The predicted molar refractivity (Wildman–Crippen MR) is 152 cm³/mol. The number of hydrogen-bond donors (Lipinski definition) is 3. The Kier molecular flexibility index (Phi) is 7.17. The van der Waals surface area contributed by atoms with E-state index < -0.39 is 0 Å². The van der Waals surface area contributed by atoms with Crippen molar-refractivity contribution < 1.29 is 9.59 Å². The summed E-state index contributed by atoms with van der Waals surface area (Å²) in [5.74, 6) is 0.235. The van der Waals surface area contributed by atoms with Gasteiger partial charge < -0.3 is 25.8 Å². The first-order valence-corrected chi connectivity index (χ1v) is 12.4. The summed E-state index contributed by atoms with van der Waals surface area (Å²) < 4.78 is 0. The second-order valence-corrected chi connectivity index (χ2v) is 8.91. The molecule has 1 fully saturated rings. The van der Waals surface area contributed by atoms with E-state index in [-0.39, 0.29) is 11.9 Å². The van der Waals surface area contributed by atoms with Gasteiger partial charge in [-0.25, -0.2) is 14.8 Å². The lowest BCUT2D eigenvalue weighted by atomic mass is 10.0. The van der Waals surface area contributed by atoms with Gasteiger partial charge in [0.15, 0.2) is 0 Å². The van der Waals surface area contributed by atoms with E-state index in [1.165, 1.54) is 6.08 Å². The molecule has 9 nitrogen and oxygen atoms in total. The maximum atomic E-state index is 11.8. The van der Waals surface area contributed by atoms with Crippen LogP contribution in [0.5, 0.6) is 0 Å². The number of para-hydroxylation sites is 1. The number of anilines is 4. The van der Waals surface area contributed by atoms with Gasteiger partial charge in [-0.2, -0.15) is 0 Å². The quantitative estimate of drug-likeness (QED) is 0.329. The van der Waals surface area contributed by atoms with Crippen molar-refractivity contribution in [1.82, 2.24) is 20.2 Å². The fourth-order valence-corrected chi connectivity index (χ4v) is 4.52. The Bertz CT molecular complexity index is 1480. The Labute approximate surface area is 221 Å². The third-order valence-electron chi connectivity index (χ3n) is 6.51. The van der Waals surface area contributed by atoms with Crippen LogP contribution in [0.3, 0.4) is 0 Å². The monoisotopic (exact) mass is 507 g/mol. The van der Waals surface area contributed by atoms with E-state index in [4.69, 9.17) is 4.98 Å². The SMILES string of the molecule is C=CC(=O)Nc1cccc(-c2cccc3cnc(Nc4ccc(N5CCN(C(=O)NC)CC5)cc4)nc23)c1. The zero-order valence-corrected chi connectivity index (χ0v) is 21.1. The third kappa shape index (κ3) is 5.41. The van der Waals surface area contributed by atoms with Crippen molar-refractivity contribution >= 4 is 45.9 Å². The summed E-state index contributed by atoms with van der Waals surface area (Å²) in [6.45, 7) is 6.46. The Morgan fingerprint density at radius 2 is 1.71 bits per heavy atom. The van der Waals surface area contributed by atoms with Crippen LogP contribution in [0.4, 0.5) is 27.8 Å². The summed E-state index contributed by atoms with van der Waals surface area (Å²) >= 11 is 0. The van der Waals surface area contributed by atoms with Crippen LogP contribution in [-0.2, 0) is 4.79 Å². The topological polar surface area (TPSA) is 102 Å². The molecule has 4 aromatic rings. The van der Waals surface area contributed by atoms with E-state index in [9.17, 15) is 9.59 Å². The minimum Gasteiger partial charge on any atom is -0.368 e. The summed E-state index contributed by atoms with van der Waals surface area (Å²) in [5.41, 5.74) is 5.35. The predicted octanol–water partition coefficient (Wildman–Crippen LogP) is 4.63. The molecule has 192 valence electrons. The number of benzene rings is 3. The summed E-state index contributed by atoms with van der Waals surface area (Å²) in [7, 11) is 1.66. The first-order valence-electron chi connectivity index (χ1n) is 12.4. The highest BCUT2D eigenvalue weighted by molar-refractivity contribution is 6.00. The number of carbonyl (C=O) groups excluding carboxylic acids is 2. The summed E-state index contributed by atoms with van der Waals surface area (Å²) in [5, 5.41) is 9.72. The molecule has 1 aliphatic heterocycles. The zero-order chi connectivity index (χ0) is 26.5. The smallest absolute Gasteiger partial charge is 0.317 e. The van der Waals surface area contributed by atoms with Gasteiger partial charge in [0.25, 0.3) is 0 Å². The second-order valence-electron chi connectivity index (χ2n) is 8.91. The lowest BCUT2D eigenvalue weighted by Crippen LogP contribution is -2.51. The number of rotatable bonds is 6. The molecule has 3 amide bonds. The van der Waals surface area contributed by atoms with Gasteiger partial charge in [-0.15, -0.1) is 0 Å². The molecule has 0 atom stereocenters. The van der Waals surface area contributed by atoms with E-state index in [0.29, 0.717) is 24.7 Å². The first kappa shape index (κ1) is 24.8. The molecule has 1 aromatic heterocycles. The standard InChI is InChI=1S/C29H29N7O2/c1-3-26(37)32-23-8-4-6-20(18-23)25-9-5-7-21-19-31-28(34-27(21)25)33-22-10-12-24(13-11-22)35-14-16-36(17-15-35)29(38)30-2/h3-13,18-19H,1,14-17H2,2H3,(H,30,38)(H,32,37)(H,31,33,34). The molecular formula is C29H29N7O2. The summed E-state index contributed by atoms with van der Waals surface area (Å²) in [4.78, 5) is 37.0. The van der Waals surface area contributed by atoms with Crippen LogP contribution in [0, 0.1) is 0 Å². The van der Waals surface area contributed by atoms with Crippen molar-refractivity contribution in [3.8, 4) is 11.1 Å². The Morgan fingerprint density at radius 3 is 2.45 bits per heavy atom. The molecule has 0 saturated carbocycles. The number of carbonyl (C=O) groups is 2. The summed E-state index contributed by atoms with van der Waals surface area (Å²) in [6.07, 6.45) is 3.05. The van der Waals surface area contributed by atoms with Crippen molar-refractivity contribution in [3.63, 3.8) is 0 Å². The number of urea groups is 1. The Morgan fingerprint density at radius 1 is 0.947 bits per heavy atom. The van der Waals surface area contributed by atoms with Crippen LogP contribution in [-0.4, -0.2) is 60.0 Å². The summed E-state index contributed by atoms with van der Waals surface area (Å²) in [6, 6.07) is 21.7. The normalized spacial score (nSPS) is 13.2. The average molecular weight is 508 g/mol. The van der Waals surface area contributed by atoms with Crippen LogP contribution in [0.2, 0.25) is 0 Å². The van der Waals surface area contributed by atoms with Gasteiger partial charge in [-0.3, -0.25) is 4.79 Å². The molecule has 3 aromatic carbocycles. The van der Waals surface area contributed by atoms with E-state index in [1.54, 1.807) is 13.2 Å². The molecule has 0 radical (unpaired) electrons. The lowest BCUT2D eigenvalue weighted by Gasteiger charge is -2.35. The molecule has 3 N–H and O–H groups in total. The number of fused-ring (bicyclic) bond motifs is 1. The van der Waals surface area contributed by atoms with Crippen molar-refractivity contribution in [3.05, 3.63) is 85.6 Å². The first-order chi connectivity index (χ1) is 18.5. The van der Waals surface area contributed by atoms with E-state index in [0.717, 1.165) is 46.5 Å². The van der Waals surface area contributed by atoms with E-state index in [1.807, 2.05) is 59.5 Å². The van der Waals surface area contributed by atoms with Crippen molar-refractivity contribution in [2.75, 3.05) is 48.8 Å². The van der Waals surface area contributed by atoms with Crippen LogP contribution in [0.25, 0.3) is 22.0 Å². The number of hydrogen-bond acceptors (Lipinski definition) is 6. The van der Waals surface area contributed by atoms with Gasteiger partial charge in [0.05, 0.1) is 5.52 Å². The fourth-order valence-electron chi connectivity index (χ4n) is 4.52. The number of aromatic nitrogens is 2. The minimum atomic E-state index is -0.258. The molecule has 0 unspecified atom stereocenters. The number of nitrogens with one attached hydrogen (secondary N) is 3. The van der Waals surface area contributed by atoms with Crippen molar-refractivity contribution in [2.45, 2.75) is 0 Å². The van der Waals surface area contributed by atoms with Crippen LogP contribution < -0.4 is 20.9 Å². The highest BCUT2D eigenvalue weighted by atomic mass is 16.2. The maximum absolute atomic E-state index is 11.8. The number of nitrogens with zero attached hydrogens (tertiary/aromatic N) is 4. The molecule has 0 aliphatic carbocycles. The van der Waals surface area contributed by atoms with Gasteiger partial charge in [-0.05, 0) is 48.0 Å². The lowest BCUT2D eigenvalue weighted by molar-refractivity contribution is -0.111. The molecule has 38 heavy (non-hydrogen) atoms. The molecule has 0 bridgehead atoms. The highest BCUT2D eigenvalue weighted by Gasteiger charge is 2.20. The van der Waals surface area contributed by atoms with Crippen LogP contribution >= 0.6 is 0 Å². The minimum absolute atomic E-state index is 0.0325. The molecular weight excluding hydrogens is 478 g/mol. The third-order valence-corrected chi connectivity index (χ3v) is 6.51. The molecule has 9 heteroatoms. The van der Waals surface area contributed by atoms with Gasteiger partial charge in [0.2, 0.25) is 11.9 Å². The fraction of sp³-hybridized carbons (Fsp3) is 0.172. The molecule has 1 saturated heterocycles. The van der Waals surface area contributed by atoms with Gasteiger partial charge in [0.1, 0.15) is 0 Å². The molecule has 0 spiro atoms. The maximum Gasteiger partial charge on any atom is 0.317 e. The largest absolute Gasteiger partial charge is 0.368 e. The average Bonchev–Trinajstić information content (AvgIpc) is 2.97. The van der Waals surface area contributed by atoms with Gasteiger partial charge >= 0.3 is 6.03 Å². The number of piperazine rings is 1. The van der Waals surface area contributed by atoms with E-state index >= 15 is 0 Å². The van der Waals surface area contributed by atoms with Crippen molar-refractivity contribution in [1.29, 1.82) is 0 Å². The second kappa shape index (κ2) is 11.0. The Hall–Kier alpha value is -4.92. The zero-order valence-electron chi connectivity index (χ0n) is 21.1. The van der Waals surface area contributed by atoms with E-state index in [2.05, 4.69) is 44.5 Å². The van der Waals surface area contributed by atoms with Crippen molar-refractivity contribution in [2.24, 2.45) is 0 Å². The van der Waals surface area contributed by atoms with Gasteiger partial charge in [-0.1, -0.05) is 36.9 Å². The molecule has 1 aliphatic rings. The van der Waals surface area contributed by atoms with Crippen LogP contribution in [0.15, 0.2) is 85.6 Å². The van der Waals surface area contributed by atoms with Gasteiger partial charge in [0, 0.05) is 67.4 Å². The molecule has 5 rings (SSSR count). The highest BCUT2D eigenvalue weighted by Crippen LogP contribution is 2.30. The number of amides is 3. The Balaban J connectivity index is 1.33.